The van der Waals surface area contributed by atoms with Gasteiger partial charge in [0, 0.05) is 6.20 Å². The molecule has 0 radical (unpaired) electrons. The van der Waals surface area contributed by atoms with Gasteiger partial charge in [0.15, 0.2) is 0 Å². The molecular weight excluding hydrogens is 345 g/mol. The first kappa shape index (κ1) is 22.8. The summed E-state index contributed by atoms with van der Waals surface area (Å²) in [6.07, 6.45) is 9.23. The third-order valence-electron chi connectivity index (χ3n) is 3.75. The van der Waals surface area contributed by atoms with Crippen molar-refractivity contribution in [2.45, 2.75) is 41.0 Å². The van der Waals surface area contributed by atoms with Crippen LogP contribution in [0.5, 0.6) is 0 Å². The van der Waals surface area contributed by atoms with Crippen molar-refractivity contribution in [2.24, 2.45) is 0 Å². The molecule has 0 bridgehead atoms. The predicted octanol–water partition coefficient (Wildman–Crippen LogP) is 7.32. The van der Waals surface area contributed by atoms with Crippen LogP contribution in [0.15, 0.2) is 79.6 Å². The maximum absolute atomic E-state index is 4.58. The molecule has 0 saturated carbocycles. The van der Waals surface area contributed by atoms with Crippen molar-refractivity contribution >= 4 is 24.8 Å². The molecule has 2 heteroatoms. The highest BCUT2D eigenvalue weighted by molar-refractivity contribution is 7.58. The Bertz CT molecular complexity index is 810. The van der Waals surface area contributed by atoms with E-state index in [2.05, 4.69) is 82.2 Å². The van der Waals surface area contributed by atoms with Gasteiger partial charge >= 0.3 is 0 Å². The highest BCUT2D eigenvalue weighted by Crippen LogP contribution is 2.30. The Morgan fingerprint density at radius 1 is 1.15 bits per heavy atom. The monoisotopic (exact) mass is 377 g/mol. The number of allylic oxidation sites excluding steroid dienone is 5. The van der Waals surface area contributed by atoms with Gasteiger partial charge < -0.3 is 0 Å². The van der Waals surface area contributed by atoms with Gasteiger partial charge in [0.05, 0.1) is 5.69 Å². The largest absolute Gasteiger partial charge is 0.256 e. The zero-order chi connectivity index (χ0) is 20.2. The lowest BCUT2D eigenvalue weighted by molar-refractivity contribution is 1.09. The van der Waals surface area contributed by atoms with E-state index < -0.39 is 0 Å². The fourth-order valence-electron chi connectivity index (χ4n) is 2.28. The van der Waals surface area contributed by atoms with Crippen LogP contribution in [-0.2, 0) is 0 Å². The Morgan fingerprint density at radius 2 is 1.85 bits per heavy atom. The fraction of sp³-hybridized carbons (Fsp3) is 0.240. The molecule has 0 aliphatic rings. The van der Waals surface area contributed by atoms with E-state index in [1.807, 2.05) is 31.3 Å². The summed E-state index contributed by atoms with van der Waals surface area (Å²) in [5.41, 5.74) is 5.41. The SMILES string of the molecule is C=C(/C(C)=C\C=C/C)c1ccc(C(=C)Pc2cccc(C)c2)nc1.CCC. The van der Waals surface area contributed by atoms with E-state index in [9.17, 15) is 0 Å². The van der Waals surface area contributed by atoms with Crippen molar-refractivity contribution in [1.82, 2.24) is 4.98 Å². The minimum atomic E-state index is 0.539. The van der Waals surface area contributed by atoms with Crippen LogP contribution in [0, 0.1) is 6.92 Å². The van der Waals surface area contributed by atoms with Gasteiger partial charge in [0.1, 0.15) is 0 Å². The molecule has 1 nitrogen and oxygen atoms in total. The molecule has 1 aromatic carbocycles. The number of rotatable bonds is 6. The first-order valence-corrected chi connectivity index (χ1v) is 10.4. The van der Waals surface area contributed by atoms with Crippen molar-refractivity contribution < 1.29 is 0 Å². The Kier molecular flexibility index (Phi) is 10.3. The molecule has 0 spiro atoms. The maximum atomic E-state index is 4.58. The Hall–Kier alpha value is -2.24. The highest BCUT2D eigenvalue weighted by Gasteiger charge is 2.05. The first-order valence-electron chi connectivity index (χ1n) is 9.41. The molecule has 27 heavy (non-hydrogen) atoms. The lowest BCUT2D eigenvalue weighted by Crippen LogP contribution is -1.96. The third-order valence-corrected chi connectivity index (χ3v) is 4.91. The van der Waals surface area contributed by atoms with E-state index in [0.717, 1.165) is 27.7 Å². The normalized spacial score (nSPS) is 11.5. The van der Waals surface area contributed by atoms with E-state index in [-0.39, 0.29) is 0 Å². The van der Waals surface area contributed by atoms with Crippen LogP contribution in [0.4, 0.5) is 0 Å². The van der Waals surface area contributed by atoms with Gasteiger partial charge in [-0.25, -0.2) is 0 Å². The molecule has 0 aliphatic heterocycles. The van der Waals surface area contributed by atoms with Gasteiger partial charge in [-0.2, -0.15) is 0 Å². The number of hydrogen-bond donors (Lipinski definition) is 0. The van der Waals surface area contributed by atoms with Crippen molar-refractivity contribution in [3.05, 3.63) is 96.4 Å². The second-order valence-corrected chi connectivity index (χ2v) is 7.90. The predicted molar refractivity (Wildman–Crippen MR) is 126 cm³/mol. The molecule has 2 rings (SSSR count). The molecule has 142 valence electrons. The second-order valence-electron chi connectivity index (χ2n) is 6.47. The summed E-state index contributed by atoms with van der Waals surface area (Å²) < 4.78 is 0. The molecule has 1 unspecified atom stereocenters. The molecule has 0 saturated heterocycles. The maximum Gasteiger partial charge on any atom is 0.0701 e. The first-order chi connectivity index (χ1) is 12.9. The van der Waals surface area contributed by atoms with Gasteiger partial charge in [-0.1, -0.05) is 96.1 Å². The number of nitrogens with zero attached hydrogens (tertiary/aromatic N) is 1. The van der Waals surface area contributed by atoms with E-state index in [4.69, 9.17) is 0 Å². The summed E-state index contributed by atoms with van der Waals surface area (Å²) in [7, 11) is 0.539. The number of benzene rings is 1. The topological polar surface area (TPSA) is 12.9 Å². The molecule has 0 amide bonds. The van der Waals surface area contributed by atoms with Gasteiger partial charge in [-0.05, 0) is 54.2 Å². The molecule has 0 fully saturated rings. The average molecular weight is 378 g/mol. The molecule has 1 heterocycles. The number of pyridine rings is 1. The molecule has 2 aromatic rings. The summed E-state index contributed by atoms with van der Waals surface area (Å²) >= 11 is 0. The van der Waals surface area contributed by atoms with Gasteiger partial charge in [-0.3, -0.25) is 4.98 Å². The van der Waals surface area contributed by atoms with Crippen LogP contribution < -0.4 is 5.30 Å². The zero-order valence-electron chi connectivity index (χ0n) is 17.3. The van der Waals surface area contributed by atoms with Crippen molar-refractivity contribution in [3.8, 4) is 0 Å². The van der Waals surface area contributed by atoms with Gasteiger partial charge in [0.25, 0.3) is 0 Å². The number of aryl methyl sites for hydroxylation is 1. The van der Waals surface area contributed by atoms with Crippen LogP contribution in [0.2, 0.25) is 0 Å². The summed E-state index contributed by atoms with van der Waals surface area (Å²) in [5, 5.41) is 2.35. The average Bonchev–Trinajstić information content (AvgIpc) is 2.66. The number of aromatic nitrogens is 1. The van der Waals surface area contributed by atoms with E-state index in [0.29, 0.717) is 8.58 Å². The van der Waals surface area contributed by atoms with Crippen LogP contribution >= 0.6 is 8.58 Å². The Balaban J connectivity index is 0.00000114. The van der Waals surface area contributed by atoms with E-state index in [1.165, 1.54) is 17.3 Å². The third kappa shape index (κ3) is 7.89. The van der Waals surface area contributed by atoms with Gasteiger partial charge in [0.2, 0.25) is 0 Å². The molecule has 0 aliphatic carbocycles. The lowest BCUT2D eigenvalue weighted by atomic mass is 10.0. The van der Waals surface area contributed by atoms with Crippen LogP contribution in [-0.4, -0.2) is 4.98 Å². The van der Waals surface area contributed by atoms with Crippen molar-refractivity contribution in [2.75, 3.05) is 0 Å². The Labute approximate surface area is 167 Å². The molecule has 1 aromatic heterocycles. The number of hydrogen-bond acceptors (Lipinski definition) is 1. The van der Waals surface area contributed by atoms with Crippen LogP contribution in [0.25, 0.3) is 10.9 Å². The summed E-state index contributed by atoms with van der Waals surface area (Å²) in [6, 6.07) is 12.7. The van der Waals surface area contributed by atoms with E-state index in [1.54, 1.807) is 0 Å². The van der Waals surface area contributed by atoms with Crippen LogP contribution in [0.1, 0.15) is 50.9 Å². The van der Waals surface area contributed by atoms with Crippen LogP contribution in [0.3, 0.4) is 0 Å². The van der Waals surface area contributed by atoms with Crippen molar-refractivity contribution in [1.29, 1.82) is 0 Å². The quantitative estimate of drug-likeness (QED) is 0.380. The minimum absolute atomic E-state index is 0.539. The molecule has 1 atom stereocenters. The fourth-order valence-corrected chi connectivity index (χ4v) is 3.38. The lowest BCUT2D eigenvalue weighted by Gasteiger charge is -2.09. The molecular formula is C25H32NP. The summed E-state index contributed by atoms with van der Waals surface area (Å²) in [5.74, 6) is 0. The highest BCUT2D eigenvalue weighted by atomic mass is 31.1. The standard InChI is InChI=1S/C22H24NP.C3H8/c1-6-7-10-17(3)18(4)20-12-13-22(23-15-20)19(5)24-21-11-8-9-16(2)14-21;1-3-2/h6-15,24H,4-5H2,1-3H3;3H2,1-2H3/b7-6-,17-10-;. The molecule has 0 N–H and O–H groups in total. The summed E-state index contributed by atoms with van der Waals surface area (Å²) in [4.78, 5) is 4.58. The minimum Gasteiger partial charge on any atom is -0.256 e. The van der Waals surface area contributed by atoms with Crippen molar-refractivity contribution in [3.63, 3.8) is 0 Å². The zero-order valence-corrected chi connectivity index (χ0v) is 18.3. The smallest absolute Gasteiger partial charge is 0.0701 e. The summed E-state index contributed by atoms with van der Waals surface area (Å²) in [6.45, 7) is 18.8. The second kappa shape index (κ2) is 12.2. The van der Waals surface area contributed by atoms with Gasteiger partial charge in [-0.15, -0.1) is 0 Å². The van der Waals surface area contributed by atoms with E-state index >= 15 is 0 Å². The Morgan fingerprint density at radius 3 is 2.41 bits per heavy atom.